The van der Waals surface area contributed by atoms with Crippen LogP contribution in [0.25, 0.3) is 0 Å². The molecule has 0 spiro atoms. The molecule has 2 fully saturated rings. The first kappa shape index (κ1) is 18.4. The average Bonchev–Trinajstić information content (AvgIpc) is 3.28. The zero-order valence-corrected chi connectivity index (χ0v) is 16.1. The number of hydrogen-bond acceptors (Lipinski definition) is 3. The van der Waals surface area contributed by atoms with Crippen molar-refractivity contribution in [2.24, 2.45) is 4.99 Å². The van der Waals surface area contributed by atoms with E-state index in [1.165, 1.54) is 25.0 Å². The SMILES string of the molecule is CCC1CN(C(=NC)NCCN(C)C2CC2)CCS1.I. The van der Waals surface area contributed by atoms with E-state index < -0.39 is 0 Å². The fourth-order valence-corrected chi connectivity index (χ4v) is 3.71. The molecule has 0 amide bonds. The summed E-state index contributed by atoms with van der Waals surface area (Å²) in [6.07, 6.45) is 4.02. The lowest BCUT2D eigenvalue weighted by atomic mass is 10.3. The van der Waals surface area contributed by atoms with Gasteiger partial charge in [0.1, 0.15) is 0 Å². The zero-order chi connectivity index (χ0) is 13.7. The Morgan fingerprint density at radius 2 is 2.20 bits per heavy atom. The molecule has 0 bridgehead atoms. The van der Waals surface area contributed by atoms with Crippen LogP contribution in [0.2, 0.25) is 0 Å². The normalized spacial score (nSPS) is 23.7. The van der Waals surface area contributed by atoms with Crippen LogP contribution in [0.3, 0.4) is 0 Å². The van der Waals surface area contributed by atoms with Crippen molar-refractivity contribution < 1.29 is 0 Å². The van der Waals surface area contributed by atoms with E-state index in [9.17, 15) is 0 Å². The second-order valence-corrected chi connectivity index (χ2v) is 6.94. The predicted molar refractivity (Wildman–Crippen MR) is 101 cm³/mol. The average molecular weight is 412 g/mol. The highest BCUT2D eigenvalue weighted by Crippen LogP contribution is 2.24. The number of thioether (sulfide) groups is 1. The lowest BCUT2D eigenvalue weighted by molar-refractivity contribution is 0.324. The lowest BCUT2D eigenvalue weighted by Crippen LogP contribution is -2.49. The molecule has 0 aromatic rings. The molecule has 0 aromatic carbocycles. The molecule has 1 saturated carbocycles. The summed E-state index contributed by atoms with van der Waals surface area (Å²) in [6, 6.07) is 0.847. The second kappa shape index (κ2) is 9.35. The number of rotatable bonds is 5. The van der Waals surface area contributed by atoms with Gasteiger partial charge < -0.3 is 15.1 Å². The quantitative estimate of drug-likeness (QED) is 0.426. The van der Waals surface area contributed by atoms with Crippen molar-refractivity contribution in [1.82, 2.24) is 15.1 Å². The molecule has 2 rings (SSSR count). The summed E-state index contributed by atoms with van der Waals surface area (Å²) in [5.74, 6) is 2.31. The Hall–Kier alpha value is 0.310. The molecule has 0 aromatic heterocycles. The van der Waals surface area contributed by atoms with Crippen molar-refractivity contribution in [1.29, 1.82) is 0 Å². The lowest BCUT2D eigenvalue weighted by Gasteiger charge is -2.34. The molecule has 1 aliphatic carbocycles. The van der Waals surface area contributed by atoms with Crippen LogP contribution in [0, 0.1) is 0 Å². The third-order valence-corrected chi connectivity index (χ3v) is 5.40. The Balaban J connectivity index is 0.00000200. The monoisotopic (exact) mass is 412 g/mol. The maximum Gasteiger partial charge on any atom is 0.193 e. The minimum Gasteiger partial charge on any atom is -0.355 e. The van der Waals surface area contributed by atoms with Crippen LogP contribution < -0.4 is 5.32 Å². The Kier molecular flexibility index (Phi) is 8.59. The van der Waals surface area contributed by atoms with Crippen molar-refractivity contribution in [2.75, 3.05) is 46.0 Å². The fraction of sp³-hybridized carbons (Fsp3) is 0.929. The summed E-state index contributed by atoms with van der Waals surface area (Å²) >= 11 is 2.10. The molecule has 1 heterocycles. The van der Waals surface area contributed by atoms with E-state index in [0.29, 0.717) is 0 Å². The Bertz CT molecular complexity index is 310. The minimum atomic E-state index is 0. The molecule has 6 heteroatoms. The van der Waals surface area contributed by atoms with Crippen LogP contribution in [0.15, 0.2) is 4.99 Å². The summed E-state index contributed by atoms with van der Waals surface area (Å²) in [6.45, 7) is 6.66. The summed E-state index contributed by atoms with van der Waals surface area (Å²) in [4.78, 5) is 9.32. The molecule has 4 nitrogen and oxygen atoms in total. The number of aliphatic imine (C=N–C) groups is 1. The summed E-state index contributed by atoms with van der Waals surface area (Å²) in [7, 11) is 4.13. The molecule has 1 unspecified atom stereocenters. The molecular formula is C14H29IN4S. The Morgan fingerprint density at radius 3 is 2.80 bits per heavy atom. The van der Waals surface area contributed by atoms with E-state index in [1.54, 1.807) is 0 Å². The van der Waals surface area contributed by atoms with Gasteiger partial charge in [-0.1, -0.05) is 6.92 Å². The first-order valence-electron chi connectivity index (χ1n) is 7.52. The third kappa shape index (κ3) is 5.60. The van der Waals surface area contributed by atoms with Crippen molar-refractivity contribution >= 4 is 41.7 Å². The first-order valence-corrected chi connectivity index (χ1v) is 8.57. The number of halogens is 1. The molecule has 0 radical (unpaired) electrons. The number of nitrogens with one attached hydrogen (secondary N) is 1. The van der Waals surface area contributed by atoms with Crippen molar-refractivity contribution in [3.63, 3.8) is 0 Å². The standard InChI is InChI=1S/C14H28N4S.HI/c1-4-13-11-18(9-10-19-13)14(15-2)16-7-8-17(3)12-5-6-12;/h12-13H,4-11H2,1-3H3,(H,15,16);1H. The van der Waals surface area contributed by atoms with E-state index in [0.717, 1.165) is 43.4 Å². The maximum atomic E-state index is 4.44. The number of guanidine groups is 1. The fourth-order valence-electron chi connectivity index (χ4n) is 2.53. The van der Waals surface area contributed by atoms with Gasteiger partial charge in [0.2, 0.25) is 0 Å². The Morgan fingerprint density at radius 1 is 1.45 bits per heavy atom. The van der Waals surface area contributed by atoms with Gasteiger partial charge in [0.05, 0.1) is 0 Å². The minimum absolute atomic E-state index is 0. The highest BCUT2D eigenvalue weighted by Gasteiger charge is 2.26. The van der Waals surface area contributed by atoms with Gasteiger partial charge in [-0.25, -0.2) is 0 Å². The van der Waals surface area contributed by atoms with Gasteiger partial charge in [-0.05, 0) is 26.3 Å². The zero-order valence-electron chi connectivity index (χ0n) is 13.0. The number of nitrogens with zero attached hydrogens (tertiary/aromatic N) is 3. The molecule has 20 heavy (non-hydrogen) atoms. The van der Waals surface area contributed by atoms with Crippen LogP contribution in [-0.4, -0.2) is 73.1 Å². The van der Waals surface area contributed by atoms with Crippen LogP contribution in [0.1, 0.15) is 26.2 Å². The van der Waals surface area contributed by atoms with Gasteiger partial charge >= 0.3 is 0 Å². The van der Waals surface area contributed by atoms with Gasteiger partial charge in [0.15, 0.2) is 5.96 Å². The van der Waals surface area contributed by atoms with Gasteiger partial charge in [-0.15, -0.1) is 24.0 Å². The molecule has 1 saturated heterocycles. The van der Waals surface area contributed by atoms with Crippen LogP contribution in [-0.2, 0) is 0 Å². The highest BCUT2D eigenvalue weighted by molar-refractivity contribution is 14.0. The van der Waals surface area contributed by atoms with Crippen LogP contribution >= 0.6 is 35.7 Å². The molecule has 1 N–H and O–H groups in total. The molecule has 1 atom stereocenters. The topological polar surface area (TPSA) is 30.9 Å². The summed E-state index contributed by atoms with van der Waals surface area (Å²) in [5.41, 5.74) is 0. The smallest absolute Gasteiger partial charge is 0.193 e. The van der Waals surface area contributed by atoms with Crippen molar-refractivity contribution in [3.8, 4) is 0 Å². The van der Waals surface area contributed by atoms with Crippen molar-refractivity contribution in [2.45, 2.75) is 37.5 Å². The van der Waals surface area contributed by atoms with Crippen LogP contribution in [0.4, 0.5) is 0 Å². The van der Waals surface area contributed by atoms with E-state index in [1.807, 2.05) is 7.05 Å². The van der Waals surface area contributed by atoms with Crippen molar-refractivity contribution in [3.05, 3.63) is 0 Å². The van der Waals surface area contributed by atoms with Gasteiger partial charge in [-0.3, -0.25) is 4.99 Å². The molecular weight excluding hydrogens is 383 g/mol. The van der Waals surface area contributed by atoms with E-state index in [4.69, 9.17) is 0 Å². The van der Waals surface area contributed by atoms with Gasteiger partial charge in [0.25, 0.3) is 0 Å². The highest BCUT2D eigenvalue weighted by atomic mass is 127. The second-order valence-electron chi connectivity index (χ2n) is 5.53. The predicted octanol–water partition coefficient (Wildman–Crippen LogP) is 2.10. The number of likely N-dealkylation sites (N-methyl/N-ethyl adjacent to an activating group) is 1. The number of hydrogen-bond donors (Lipinski definition) is 1. The van der Waals surface area contributed by atoms with Gasteiger partial charge in [-0.2, -0.15) is 11.8 Å². The van der Waals surface area contributed by atoms with Gasteiger partial charge in [0, 0.05) is 50.3 Å². The molecule has 2 aliphatic rings. The van der Waals surface area contributed by atoms with Crippen LogP contribution in [0.5, 0.6) is 0 Å². The van der Waals surface area contributed by atoms with E-state index in [2.05, 4.69) is 45.8 Å². The maximum absolute atomic E-state index is 4.44. The molecule has 118 valence electrons. The Labute approximate surface area is 145 Å². The summed E-state index contributed by atoms with van der Waals surface area (Å²) < 4.78 is 0. The first-order chi connectivity index (χ1) is 9.24. The largest absolute Gasteiger partial charge is 0.355 e. The summed E-state index contributed by atoms with van der Waals surface area (Å²) in [5, 5.41) is 4.29. The molecule has 1 aliphatic heterocycles. The van der Waals surface area contributed by atoms with E-state index >= 15 is 0 Å². The van der Waals surface area contributed by atoms with E-state index in [-0.39, 0.29) is 24.0 Å². The third-order valence-electron chi connectivity index (χ3n) is 4.02.